The number of hydrogen-bond donors (Lipinski definition) is 0. The van der Waals surface area contributed by atoms with Gasteiger partial charge in [0, 0.05) is 0 Å². The van der Waals surface area contributed by atoms with E-state index < -0.39 is 0 Å². The van der Waals surface area contributed by atoms with Gasteiger partial charge in [-0.1, -0.05) is 50.5 Å². The van der Waals surface area contributed by atoms with E-state index in [1.54, 1.807) is 12.1 Å². The van der Waals surface area contributed by atoms with Gasteiger partial charge in [0.15, 0.2) is 0 Å². The molecule has 2 aromatic carbocycles. The van der Waals surface area contributed by atoms with E-state index in [-0.39, 0.29) is 5.97 Å². The van der Waals surface area contributed by atoms with Crippen molar-refractivity contribution in [1.29, 1.82) is 0 Å². The van der Waals surface area contributed by atoms with E-state index in [2.05, 4.69) is 6.92 Å². The van der Waals surface area contributed by atoms with Gasteiger partial charge in [0.05, 0.1) is 19.3 Å². The van der Waals surface area contributed by atoms with E-state index in [1.807, 2.05) is 36.4 Å². The summed E-state index contributed by atoms with van der Waals surface area (Å²) in [6, 6.07) is 15.5. The summed E-state index contributed by atoms with van der Waals surface area (Å²) >= 11 is 0. The first kappa shape index (κ1) is 17.1. The minimum absolute atomic E-state index is 0.316. The highest BCUT2D eigenvalue weighted by Crippen LogP contribution is 2.23. The maximum atomic E-state index is 11.4. The second-order valence-corrected chi connectivity index (χ2v) is 5.50. The Morgan fingerprint density at radius 1 is 0.870 bits per heavy atom. The van der Waals surface area contributed by atoms with Gasteiger partial charge in [-0.3, -0.25) is 0 Å². The van der Waals surface area contributed by atoms with Crippen LogP contribution < -0.4 is 4.74 Å². The molecule has 0 atom stereocenters. The third-order valence-corrected chi connectivity index (χ3v) is 3.76. The molecular formula is C20H24O3. The molecule has 2 rings (SSSR count). The van der Waals surface area contributed by atoms with Crippen LogP contribution >= 0.6 is 0 Å². The molecule has 0 heterocycles. The smallest absolute Gasteiger partial charge is 0.337 e. The van der Waals surface area contributed by atoms with Crippen LogP contribution in [0.5, 0.6) is 5.75 Å². The SMILES string of the molecule is CCCCCCOc1ccc(-c2ccc(C(=O)OC)cc2)cc1. The fourth-order valence-corrected chi connectivity index (χ4v) is 2.38. The van der Waals surface area contributed by atoms with Crippen molar-refractivity contribution in [2.75, 3.05) is 13.7 Å². The van der Waals surface area contributed by atoms with E-state index in [1.165, 1.54) is 26.4 Å². The fourth-order valence-electron chi connectivity index (χ4n) is 2.38. The van der Waals surface area contributed by atoms with Crippen LogP contribution in [0.25, 0.3) is 11.1 Å². The number of unbranched alkanes of at least 4 members (excludes halogenated alkanes) is 3. The molecule has 0 radical (unpaired) electrons. The second-order valence-electron chi connectivity index (χ2n) is 5.50. The second kappa shape index (κ2) is 8.99. The molecule has 0 fully saturated rings. The minimum atomic E-state index is -0.316. The zero-order valence-corrected chi connectivity index (χ0v) is 13.9. The fraction of sp³-hybridized carbons (Fsp3) is 0.350. The lowest BCUT2D eigenvalue weighted by atomic mass is 10.0. The molecule has 3 heteroatoms. The van der Waals surface area contributed by atoms with Crippen molar-refractivity contribution < 1.29 is 14.3 Å². The topological polar surface area (TPSA) is 35.5 Å². The number of rotatable bonds is 8. The highest BCUT2D eigenvalue weighted by molar-refractivity contribution is 5.89. The lowest BCUT2D eigenvalue weighted by Gasteiger charge is -2.08. The van der Waals surface area contributed by atoms with Crippen LogP contribution in [0.1, 0.15) is 43.0 Å². The maximum Gasteiger partial charge on any atom is 0.337 e. The zero-order chi connectivity index (χ0) is 16.5. The highest BCUT2D eigenvalue weighted by atomic mass is 16.5. The van der Waals surface area contributed by atoms with Gasteiger partial charge in [-0.15, -0.1) is 0 Å². The van der Waals surface area contributed by atoms with E-state index >= 15 is 0 Å². The first-order valence-electron chi connectivity index (χ1n) is 8.16. The van der Waals surface area contributed by atoms with E-state index in [0.29, 0.717) is 5.56 Å². The van der Waals surface area contributed by atoms with Crippen LogP contribution in [0.2, 0.25) is 0 Å². The molecule has 0 aliphatic carbocycles. The lowest BCUT2D eigenvalue weighted by molar-refractivity contribution is 0.0601. The summed E-state index contributed by atoms with van der Waals surface area (Å²) in [7, 11) is 1.39. The summed E-state index contributed by atoms with van der Waals surface area (Å²) in [6.45, 7) is 2.98. The highest BCUT2D eigenvalue weighted by Gasteiger charge is 2.05. The Bertz CT molecular complexity index is 600. The Balaban J connectivity index is 1.92. The van der Waals surface area contributed by atoms with Crippen LogP contribution in [-0.4, -0.2) is 19.7 Å². The Kier molecular flexibility index (Phi) is 6.67. The summed E-state index contributed by atoms with van der Waals surface area (Å²) in [5, 5.41) is 0. The van der Waals surface area contributed by atoms with E-state index in [0.717, 1.165) is 29.9 Å². The molecule has 122 valence electrons. The van der Waals surface area contributed by atoms with Crippen LogP contribution in [0.15, 0.2) is 48.5 Å². The van der Waals surface area contributed by atoms with Gasteiger partial charge < -0.3 is 9.47 Å². The van der Waals surface area contributed by atoms with E-state index in [4.69, 9.17) is 9.47 Å². The number of carbonyl (C=O) groups is 1. The van der Waals surface area contributed by atoms with Crippen LogP contribution in [0.4, 0.5) is 0 Å². The third-order valence-electron chi connectivity index (χ3n) is 3.76. The molecule has 0 N–H and O–H groups in total. The first-order valence-corrected chi connectivity index (χ1v) is 8.16. The predicted molar refractivity (Wildman–Crippen MR) is 92.9 cm³/mol. The summed E-state index contributed by atoms with van der Waals surface area (Å²) in [4.78, 5) is 11.4. The van der Waals surface area contributed by atoms with Gasteiger partial charge in [-0.2, -0.15) is 0 Å². The summed E-state index contributed by atoms with van der Waals surface area (Å²) in [6.07, 6.45) is 4.83. The number of methoxy groups -OCH3 is 1. The van der Waals surface area contributed by atoms with E-state index in [9.17, 15) is 4.79 Å². The number of esters is 1. The largest absolute Gasteiger partial charge is 0.494 e. The quantitative estimate of drug-likeness (QED) is 0.502. The number of hydrogen-bond acceptors (Lipinski definition) is 3. The monoisotopic (exact) mass is 312 g/mol. The van der Waals surface area contributed by atoms with Crippen LogP contribution in [0.3, 0.4) is 0 Å². The molecular weight excluding hydrogens is 288 g/mol. The van der Waals surface area contributed by atoms with Crippen molar-refractivity contribution in [3.63, 3.8) is 0 Å². The van der Waals surface area contributed by atoms with Crippen molar-refractivity contribution in [3.8, 4) is 16.9 Å². The molecule has 0 aromatic heterocycles. The molecule has 0 saturated carbocycles. The first-order chi connectivity index (χ1) is 11.2. The van der Waals surface area contributed by atoms with Crippen LogP contribution in [0, 0.1) is 0 Å². The molecule has 0 saturated heterocycles. The average Bonchev–Trinajstić information content (AvgIpc) is 2.61. The number of carbonyl (C=O) groups excluding carboxylic acids is 1. The zero-order valence-electron chi connectivity index (χ0n) is 13.9. The van der Waals surface area contributed by atoms with Crippen molar-refractivity contribution in [2.45, 2.75) is 32.6 Å². The predicted octanol–water partition coefficient (Wildman–Crippen LogP) is 5.10. The Morgan fingerprint density at radius 2 is 1.48 bits per heavy atom. The Hall–Kier alpha value is -2.29. The van der Waals surface area contributed by atoms with Crippen molar-refractivity contribution in [3.05, 3.63) is 54.1 Å². The van der Waals surface area contributed by atoms with Gasteiger partial charge in [-0.05, 0) is 41.8 Å². The van der Waals surface area contributed by atoms with Crippen molar-refractivity contribution >= 4 is 5.97 Å². The Morgan fingerprint density at radius 3 is 2.04 bits per heavy atom. The lowest BCUT2D eigenvalue weighted by Crippen LogP contribution is -2.00. The molecule has 0 bridgehead atoms. The van der Waals surface area contributed by atoms with Gasteiger partial charge in [0.2, 0.25) is 0 Å². The van der Waals surface area contributed by atoms with Crippen LogP contribution in [-0.2, 0) is 4.74 Å². The molecule has 23 heavy (non-hydrogen) atoms. The van der Waals surface area contributed by atoms with Gasteiger partial charge in [0.25, 0.3) is 0 Å². The Labute approximate surface area is 138 Å². The normalized spacial score (nSPS) is 10.3. The molecule has 0 aliphatic heterocycles. The average molecular weight is 312 g/mol. The van der Waals surface area contributed by atoms with Gasteiger partial charge >= 0.3 is 5.97 Å². The summed E-state index contributed by atoms with van der Waals surface area (Å²) in [5.41, 5.74) is 2.72. The maximum absolute atomic E-state index is 11.4. The van der Waals surface area contributed by atoms with Gasteiger partial charge in [0.1, 0.15) is 5.75 Å². The van der Waals surface area contributed by atoms with Crippen molar-refractivity contribution in [2.24, 2.45) is 0 Å². The summed E-state index contributed by atoms with van der Waals surface area (Å²) in [5.74, 6) is 0.583. The molecule has 0 aliphatic rings. The summed E-state index contributed by atoms with van der Waals surface area (Å²) < 4.78 is 10.5. The molecule has 3 nitrogen and oxygen atoms in total. The van der Waals surface area contributed by atoms with Crippen molar-refractivity contribution in [1.82, 2.24) is 0 Å². The molecule has 2 aromatic rings. The minimum Gasteiger partial charge on any atom is -0.494 e. The standard InChI is InChI=1S/C20H24O3/c1-3-4-5-6-15-23-19-13-11-17(12-14-19)16-7-9-18(10-8-16)20(21)22-2/h7-14H,3-6,15H2,1-2H3. The number of ether oxygens (including phenoxy) is 2. The molecule has 0 amide bonds. The van der Waals surface area contributed by atoms with Gasteiger partial charge in [-0.25, -0.2) is 4.79 Å². The molecule has 0 spiro atoms. The molecule has 0 unspecified atom stereocenters. The number of benzene rings is 2. The third kappa shape index (κ3) is 5.13.